The molecular formula is C19H18S4. The summed E-state index contributed by atoms with van der Waals surface area (Å²) >= 11 is 8.10. The van der Waals surface area contributed by atoms with Crippen LogP contribution in [0.25, 0.3) is 20.2 Å². The van der Waals surface area contributed by atoms with E-state index < -0.39 is 0 Å². The minimum absolute atomic E-state index is 0.689. The second-order valence-corrected chi connectivity index (χ2v) is 10.2. The van der Waals surface area contributed by atoms with E-state index in [4.69, 9.17) is 0 Å². The van der Waals surface area contributed by atoms with Crippen LogP contribution in [0.1, 0.15) is 0 Å². The van der Waals surface area contributed by atoms with E-state index in [1.807, 2.05) is 34.9 Å². The summed E-state index contributed by atoms with van der Waals surface area (Å²) in [4.78, 5) is 1.45. The Kier molecular flexibility index (Phi) is 4.95. The molecule has 1 aliphatic rings. The van der Waals surface area contributed by atoms with Crippen LogP contribution in [0.4, 0.5) is 0 Å². The Labute approximate surface area is 154 Å². The third-order valence-corrected chi connectivity index (χ3v) is 9.41. The Balaban J connectivity index is 1.64. The van der Waals surface area contributed by atoms with Crippen LogP contribution in [0.2, 0.25) is 0 Å². The summed E-state index contributed by atoms with van der Waals surface area (Å²) in [7, 11) is 0. The highest BCUT2D eigenvalue weighted by Crippen LogP contribution is 2.41. The Bertz CT molecular complexity index is 837. The van der Waals surface area contributed by atoms with Crippen LogP contribution >= 0.6 is 46.6 Å². The van der Waals surface area contributed by atoms with E-state index in [-0.39, 0.29) is 0 Å². The van der Waals surface area contributed by atoms with Crippen LogP contribution < -0.4 is 0 Å². The van der Waals surface area contributed by atoms with Crippen LogP contribution in [0.3, 0.4) is 0 Å². The normalized spacial score (nSPS) is 17.5. The largest absolute Gasteiger partial charge is 0.156 e. The third-order valence-electron chi connectivity index (χ3n) is 3.88. The van der Waals surface area contributed by atoms with Crippen molar-refractivity contribution in [3.63, 3.8) is 0 Å². The Morgan fingerprint density at radius 2 is 1.65 bits per heavy atom. The SMILES string of the molecule is C=C1CSCC(Sc2cccc3c2sc2ccccc23)CSC1. The predicted octanol–water partition coefficient (Wildman–Crippen LogP) is 6.55. The maximum absolute atomic E-state index is 4.14. The number of rotatable bonds is 2. The molecule has 1 fully saturated rings. The molecule has 118 valence electrons. The number of thiophene rings is 1. The van der Waals surface area contributed by atoms with Crippen molar-refractivity contribution in [1.82, 2.24) is 0 Å². The first kappa shape index (κ1) is 15.9. The number of thioether (sulfide) groups is 3. The van der Waals surface area contributed by atoms with Gasteiger partial charge in [-0.2, -0.15) is 23.5 Å². The van der Waals surface area contributed by atoms with Crippen LogP contribution in [0.5, 0.6) is 0 Å². The van der Waals surface area contributed by atoms with Crippen LogP contribution in [-0.4, -0.2) is 28.3 Å². The molecule has 0 saturated carbocycles. The maximum Gasteiger partial charge on any atom is 0.0491 e. The van der Waals surface area contributed by atoms with E-state index in [9.17, 15) is 0 Å². The van der Waals surface area contributed by atoms with Gasteiger partial charge in [0.05, 0.1) is 0 Å². The van der Waals surface area contributed by atoms with Gasteiger partial charge in [-0.15, -0.1) is 23.1 Å². The van der Waals surface area contributed by atoms with Crippen molar-refractivity contribution in [1.29, 1.82) is 0 Å². The zero-order chi connectivity index (χ0) is 15.6. The molecule has 0 spiro atoms. The summed E-state index contributed by atoms with van der Waals surface area (Å²) in [6, 6.07) is 15.5. The van der Waals surface area contributed by atoms with Crippen molar-refractivity contribution >= 4 is 66.8 Å². The quantitative estimate of drug-likeness (QED) is 0.467. The molecule has 0 N–H and O–H groups in total. The fourth-order valence-corrected chi connectivity index (χ4v) is 8.11. The molecule has 1 saturated heterocycles. The highest BCUT2D eigenvalue weighted by atomic mass is 32.2. The minimum Gasteiger partial charge on any atom is -0.156 e. The first-order chi connectivity index (χ1) is 11.3. The second kappa shape index (κ2) is 7.14. The van der Waals surface area contributed by atoms with Crippen molar-refractivity contribution < 1.29 is 0 Å². The lowest BCUT2D eigenvalue weighted by Gasteiger charge is -2.20. The second-order valence-electron chi connectivity index (χ2n) is 5.75. The van der Waals surface area contributed by atoms with Gasteiger partial charge in [0, 0.05) is 53.3 Å². The zero-order valence-corrected chi connectivity index (χ0v) is 16.1. The van der Waals surface area contributed by atoms with Gasteiger partial charge in [0.2, 0.25) is 0 Å². The number of benzene rings is 2. The summed E-state index contributed by atoms with van der Waals surface area (Å²) in [5, 5.41) is 3.50. The van der Waals surface area contributed by atoms with Gasteiger partial charge in [-0.05, 0) is 12.1 Å². The highest BCUT2D eigenvalue weighted by molar-refractivity contribution is 8.06. The molecule has 1 aromatic heterocycles. The average molecular weight is 375 g/mol. The minimum atomic E-state index is 0.689. The van der Waals surface area contributed by atoms with Crippen LogP contribution in [0, 0.1) is 0 Å². The van der Waals surface area contributed by atoms with E-state index in [0.29, 0.717) is 5.25 Å². The summed E-state index contributed by atoms with van der Waals surface area (Å²) in [6.45, 7) is 4.14. The highest BCUT2D eigenvalue weighted by Gasteiger charge is 2.17. The lowest BCUT2D eigenvalue weighted by molar-refractivity contribution is 1.14. The molecule has 0 amide bonds. The molecular weight excluding hydrogens is 356 g/mol. The fraction of sp³-hybridized carbons (Fsp3) is 0.263. The van der Waals surface area contributed by atoms with Crippen LogP contribution in [-0.2, 0) is 0 Å². The average Bonchev–Trinajstić information content (AvgIpc) is 2.92. The molecule has 2 heterocycles. The smallest absolute Gasteiger partial charge is 0.0491 e. The molecule has 4 heteroatoms. The molecule has 1 aliphatic heterocycles. The van der Waals surface area contributed by atoms with Crippen molar-refractivity contribution in [2.75, 3.05) is 23.0 Å². The monoisotopic (exact) mass is 374 g/mol. The predicted molar refractivity (Wildman–Crippen MR) is 113 cm³/mol. The van der Waals surface area contributed by atoms with Gasteiger partial charge in [0.15, 0.2) is 0 Å². The van der Waals surface area contributed by atoms with Gasteiger partial charge in [-0.1, -0.05) is 42.5 Å². The Morgan fingerprint density at radius 3 is 2.48 bits per heavy atom. The van der Waals surface area contributed by atoms with Crippen LogP contribution in [0.15, 0.2) is 59.5 Å². The molecule has 4 rings (SSSR count). The first-order valence-electron chi connectivity index (χ1n) is 7.70. The standard InChI is InChI=1S/C19H18S4/c1-13-9-20-11-14(12-21-10-13)22-18-8-4-6-16-15-5-2-3-7-17(15)23-19(16)18/h2-8,14H,1,9-12H2. The summed E-state index contributed by atoms with van der Waals surface area (Å²) < 4.78 is 2.86. The van der Waals surface area contributed by atoms with E-state index in [0.717, 1.165) is 11.5 Å². The van der Waals surface area contributed by atoms with Crippen molar-refractivity contribution in [2.45, 2.75) is 10.1 Å². The van der Waals surface area contributed by atoms with Crippen molar-refractivity contribution in [3.8, 4) is 0 Å². The van der Waals surface area contributed by atoms with Crippen molar-refractivity contribution in [3.05, 3.63) is 54.6 Å². The van der Waals surface area contributed by atoms with E-state index >= 15 is 0 Å². The molecule has 3 aromatic rings. The summed E-state index contributed by atoms with van der Waals surface area (Å²) in [5.74, 6) is 4.68. The van der Waals surface area contributed by atoms with E-state index in [1.54, 1.807) is 0 Å². The van der Waals surface area contributed by atoms with Gasteiger partial charge in [-0.25, -0.2) is 0 Å². The number of hydrogen-bond donors (Lipinski definition) is 0. The van der Waals surface area contributed by atoms with Gasteiger partial charge < -0.3 is 0 Å². The third kappa shape index (κ3) is 3.46. The Hall–Kier alpha value is -0.550. The molecule has 0 unspecified atom stereocenters. The lowest BCUT2D eigenvalue weighted by atomic mass is 10.1. The van der Waals surface area contributed by atoms with Gasteiger partial charge in [-0.3, -0.25) is 0 Å². The van der Waals surface area contributed by atoms with E-state index in [1.165, 1.54) is 42.1 Å². The van der Waals surface area contributed by atoms with Gasteiger partial charge >= 0.3 is 0 Å². The Morgan fingerprint density at radius 1 is 0.913 bits per heavy atom. The molecule has 0 aliphatic carbocycles. The molecule has 0 bridgehead atoms. The fourth-order valence-electron chi connectivity index (χ4n) is 2.82. The maximum atomic E-state index is 4.14. The topological polar surface area (TPSA) is 0 Å². The summed E-state index contributed by atoms with van der Waals surface area (Å²) in [6.07, 6.45) is 0. The number of fused-ring (bicyclic) bond motifs is 3. The van der Waals surface area contributed by atoms with Gasteiger partial charge in [0.25, 0.3) is 0 Å². The van der Waals surface area contributed by atoms with Gasteiger partial charge in [0.1, 0.15) is 0 Å². The molecule has 0 nitrogen and oxygen atoms in total. The molecule has 2 aromatic carbocycles. The van der Waals surface area contributed by atoms with Crippen molar-refractivity contribution in [2.24, 2.45) is 0 Å². The molecule has 0 radical (unpaired) electrons. The zero-order valence-electron chi connectivity index (χ0n) is 12.8. The lowest BCUT2D eigenvalue weighted by Crippen LogP contribution is -2.14. The molecule has 23 heavy (non-hydrogen) atoms. The first-order valence-corrected chi connectivity index (χ1v) is 11.7. The molecule has 0 atom stereocenters. The summed E-state index contributed by atoms with van der Waals surface area (Å²) in [5.41, 5.74) is 1.38. The number of hydrogen-bond acceptors (Lipinski definition) is 4. The van der Waals surface area contributed by atoms with E-state index in [2.05, 4.69) is 60.8 Å².